The molecule has 2 rings (SSSR count). The van der Waals surface area contributed by atoms with Gasteiger partial charge < -0.3 is 5.32 Å². The number of rotatable bonds is 5. The molecule has 1 aromatic rings. The van der Waals surface area contributed by atoms with Gasteiger partial charge in [-0.3, -0.25) is 0 Å². The largest absolute Gasteiger partial charge is 0.310 e. The van der Waals surface area contributed by atoms with Crippen molar-refractivity contribution in [2.75, 3.05) is 6.54 Å². The quantitative estimate of drug-likeness (QED) is 0.647. The van der Waals surface area contributed by atoms with Crippen molar-refractivity contribution in [1.29, 1.82) is 0 Å². The number of hydrogen-bond acceptors (Lipinski definition) is 1. The third-order valence-corrected chi connectivity index (χ3v) is 5.43. The molecule has 0 heterocycles. The lowest BCUT2D eigenvalue weighted by Gasteiger charge is -2.37. The Morgan fingerprint density at radius 3 is 2.52 bits per heavy atom. The smallest absolute Gasteiger partial charge is 0.0454 e. The highest BCUT2D eigenvalue weighted by molar-refractivity contribution is 9.10. The number of halogens is 2. The lowest BCUT2D eigenvalue weighted by atomic mass is 9.72. The molecule has 0 radical (unpaired) electrons. The molecule has 3 unspecified atom stereocenters. The van der Waals surface area contributed by atoms with Crippen LogP contribution in [0.1, 0.15) is 58.1 Å². The zero-order valence-electron chi connectivity index (χ0n) is 13.3. The molecular weight excluding hydrogens is 346 g/mol. The van der Waals surface area contributed by atoms with Crippen LogP contribution in [0.3, 0.4) is 0 Å². The summed E-state index contributed by atoms with van der Waals surface area (Å²) in [6.45, 7) is 8.05. The first kappa shape index (κ1) is 17.3. The molecule has 0 spiro atoms. The molecule has 3 atom stereocenters. The lowest BCUT2D eigenvalue weighted by molar-refractivity contribution is 0.176. The highest BCUT2D eigenvalue weighted by atomic mass is 79.9. The van der Waals surface area contributed by atoms with E-state index in [1.54, 1.807) is 0 Å². The Morgan fingerprint density at radius 2 is 1.90 bits per heavy atom. The summed E-state index contributed by atoms with van der Waals surface area (Å²) in [4.78, 5) is 0. The Morgan fingerprint density at radius 1 is 1.24 bits per heavy atom. The van der Waals surface area contributed by atoms with Gasteiger partial charge >= 0.3 is 0 Å². The minimum absolute atomic E-state index is 0.375. The molecule has 1 aromatic carbocycles. The number of benzene rings is 1. The second-order valence-corrected chi connectivity index (χ2v) is 8.10. The Kier molecular flexibility index (Phi) is 6.58. The van der Waals surface area contributed by atoms with Gasteiger partial charge in [-0.2, -0.15) is 0 Å². The first-order chi connectivity index (χ1) is 10.0. The number of nitrogens with one attached hydrogen (secondary N) is 1. The summed E-state index contributed by atoms with van der Waals surface area (Å²) in [6, 6.07) is 6.60. The molecular formula is C18H27BrClN. The normalized spacial score (nSPS) is 27.6. The van der Waals surface area contributed by atoms with Crippen molar-refractivity contribution in [3.05, 3.63) is 33.3 Å². The molecule has 0 aromatic heterocycles. The molecule has 1 N–H and O–H groups in total. The van der Waals surface area contributed by atoms with Crippen LogP contribution in [0.15, 0.2) is 22.7 Å². The molecule has 1 fully saturated rings. The highest BCUT2D eigenvalue weighted by Crippen LogP contribution is 2.41. The van der Waals surface area contributed by atoms with Gasteiger partial charge in [0, 0.05) is 15.5 Å². The van der Waals surface area contributed by atoms with Crippen LogP contribution in [0, 0.1) is 17.8 Å². The molecule has 1 aliphatic rings. The predicted octanol–water partition coefficient (Wildman–Crippen LogP) is 6.22. The van der Waals surface area contributed by atoms with Gasteiger partial charge in [0.1, 0.15) is 0 Å². The van der Waals surface area contributed by atoms with Crippen LogP contribution in [0.25, 0.3) is 0 Å². The van der Waals surface area contributed by atoms with E-state index in [9.17, 15) is 0 Å². The standard InChI is InChI=1S/C18H27BrClN/c1-4-7-21-18(14-9-12(2)8-13(3)10-14)16-11-15(19)5-6-17(16)20/h5-6,11-14,18,21H,4,7-10H2,1-3H3. The predicted molar refractivity (Wildman–Crippen MR) is 95.9 cm³/mol. The van der Waals surface area contributed by atoms with E-state index in [2.05, 4.69) is 48.1 Å². The molecule has 1 saturated carbocycles. The van der Waals surface area contributed by atoms with Crippen LogP contribution in [0.4, 0.5) is 0 Å². The van der Waals surface area contributed by atoms with E-state index in [0.717, 1.165) is 34.3 Å². The van der Waals surface area contributed by atoms with Gasteiger partial charge in [0.05, 0.1) is 0 Å². The first-order valence-corrected chi connectivity index (χ1v) is 9.36. The van der Waals surface area contributed by atoms with E-state index in [0.29, 0.717) is 12.0 Å². The topological polar surface area (TPSA) is 12.0 Å². The highest BCUT2D eigenvalue weighted by Gasteiger charge is 2.31. The van der Waals surface area contributed by atoms with E-state index in [1.165, 1.54) is 24.8 Å². The fourth-order valence-corrected chi connectivity index (χ4v) is 4.48. The van der Waals surface area contributed by atoms with Crippen molar-refractivity contribution < 1.29 is 0 Å². The maximum absolute atomic E-state index is 6.50. The van der Waals surface area contributed by atoms with E-state index in [1.807, 2.05) is 12.1 Å². The first-order valence-electron chi connectivity index (χ1n) is 8.19. The van der Waals surface area contributed by atoms with Crippen LogP contribution >= 0.6 is 27.5 Å². The summed E-state index contributed by atoms with van der Waals surface area (Å²) >= 11 is 10.1. The average molecular weight is 373 g/mol. The summed E-state index contributed by atoms with van der Waals surface area (Å²) in [5.74, 6) is 2.31. The molecule has 3 heteroatoms. The van der Waals surface area contributed by atoms with Crippen LogP contribution in [0.2, 0.25) is 5.02 Å². The fraction of sp³-hybridized carbons (Fsp3) is 0.667. The molecule has 0 aliphatic heterocycles. The third kappa shape index (κ3) is 4.71. The zero-order valence-corrected chi connectivity index (χ0v) is 15.7. The molecule has 21 heavy (non-hydrogen) atoms. The van der Waals surface area contributed by atoms with E-state index in [4.69, 9.17) is 11.6 Å². The SMILES string of the molecule is CCCNC(c1cc(Br)ccc1Cl)C1CC(C)CC(C)C1. The van der Waals surface area contributed by atoms with Gasteiger partial charge in [-0.1, -0.05) is 48.3 Å². The van der Waals surface area contributed by atoms with Crippen LogP contribution in [0.5, 0.6) is 0 Å². The zero-order chi connectivity index (χ0) is 15.4. The van der Waals surface area contributed by atoms with Crippen molar-refractivity contribution in [2.24, 2.45) is 17.8 Å². The number of hydrogen-bond donors (Lipinski definition) is 1. The Hall–Kier alpha value is -0.0500. The van der Waals surface area contributed by atoms with Crippen molar-refractivity contribution in [2.45, 2.75) is 52.5 Å². The van der Waals surface area contributed by atoms with E-state index in [-0.39, 0.29) is 0 Å². The molecule has 118 valence electrons. The minimum atomic E-state index is 0.375. The van der Waals surface area contributed by atoms with Crippen molar-refractivity contribution in [1.82, 2.24) is 5.32 Å². The summed E-state index contributed by atoms with van der Waals surface area (Å²) < 4.78 is 1.11. The summed E-state index contributed by atoms with van der Waals surface area (Å²) in [6.07, 6.45) is 5.12. The maximum atomic E-state index is 6.50. The van der Waals surface area contributed by atoms with Crippen LogP contribution in [-0.2, 0) is 0 Å². The minimum Gasteiger partial charge on any atom is -0.310 e. The van der Waals surface area contributed by atoms with E-state index < -0.39 is 0 Å². The van der Waals surface area contributed by atoms with Crippen LogP contribution < -0.4 is 5.32 Å². The van der Waals surface area contributed by atoms with E-state index >= 15 is 0 Å². The summed E-state index contributed by atoms with van der Waals surface area (Å²) in [5.41, 5.74) is 1.26. The third-order valence-electron chi connectivity index (χ3n) is 4.59. The maximum Gasteiger partial charge on any atom is 0.0454 e. The second kappa shape index (κ2) is 7.99. The fourth-order valence-electron chi connectivity index (χ4n) is 3.86. The Bertz CT molecular complexity index is 453. The van der Waals surface area contributed by atoms with Gasteiger partial charge in [0.15, 0.2) is 0 Å². The van der Waals surface area contributed by atoms with Gasteiger partial charge in [-0.05, 0) is 73.7 Å². The molecule has 1 nitrogen and oxygen atoms in total. The van der Waals surface area contributed by atoms with Gasteiger partial charge in [0.2, 0.25) is 0 Å². The Labute approximate surface area is 143 Å². The van der Waals surface area contributed by atoms with Gasteiger partial charge in [-0.25, -0.2) is 0 Å². The molecule has 0 bridgehead atoms. The van der Waals surface area contributed by atoms with Gasteiger partial charge in [0.25, 0.3) is 0 Å². The van der Waals surface area contributed by atoms with Crippen molar-refractivity contribution in [3.63, 3.8) is 0 Å². The monoisotopic (exact) mass is 371 g/mol. The second-order valence-electron chi connectivity index (χ2n) is 6.78. The Balaban J connectivity index is 2.26. The summed E-state index contributed by atoms with van der Waals surface area (Å²) in [7, 11) is 0. The van der Waals surface area contributed by atoms with Crippen molar-refractivity contribution in [3.8, 4) is 0 Å². The molecule has 1 aliphatic carbocycles. The van der Waals surface area contributed by atoms with Crippen molar-refractivity contribution >= 4 is 27.5 Å². The summed E-state index contributed by atoms with van der Waals surface area (Å²) in [5, 5.41) is 4.65. The average Bonchev–Trinajstić information content (AvgIpc) is 2.42. The molecule has 0 saturated heterocycles. The molecule has 0 amide bonds. The van der Waals surface area contributed by atoms with Gasteiger partial charge in [-0.15, -0.1) is 0 Å². The van der Waals surface area contributed by atoms with Crippen LogP contribution in [-0.4, -0.2) is 6.54 Å². The lowest BCUT2D eigenvalue weighted by Crippen LogP contribution is -2.34.